The van der Waals surface area contributed by atoms with Gasteiger partial charge in [-0.1, -0.05) is 11.6 Å². The molecule has 1 N–H and O–H groups in total. The maximum atomic E-state index is 11.0. The number of aliphatic carboxylic acids is 1. The topological polar surface area (TPSA) is 40.5 Å². The Labute approximate surface area is 101 Å². The Balaban J connectivity index is 3.08. The van der Waals surface area contributed by atoms with E-state index in [9.17, 15) is 4.79 Å². The third kappa shape index (κ3) is 2.67. The van der Waals surface area contributed by atoms with Gasteiger partial charge < -0.3 is 10.0 Å². The van der Waals surface area contributed by atoms with Crippen molar-refractivity contribution in [2.75, 3.05) is 11.4 Å². The van der Waals surface area contributed by atoms with Crippen molar-refractivity contribution in [2.45, 2.75) is 26.8 Å². The fraction of sp³-hybridized carbons (Fsp3) is 0.417. The highest BCUT2D eigenvalue weighted by Gasteiger charge is 2.20. The molecule has 88 valence electrons. The molecule has 0 saturated carbocycles. The number of hydrogen-bond donors (Lipinski definition) is 1. The lowest BCUT2D eigenvalue weighted by atomic mass is 10.1. The van der Waals surface area contributed by atoms with Gasteiger partial charge in [-0.25, -0.2) is 4.79 Å². The number of nitrogens with zero attached hydrogens (tertiary/aromatic N) is 1. The summed E-state index contributed by atoms with van der Waals surface area (Å²) >= 11 is 5.87. The number of anilines is 1. The Bertz CT molecular complexity index is 393. The molecule has 0 heterocycles. The number of likely N-dealkylation sites (N-methyl/N-ethyl adjacent to an activating group) is 1. The second-order valence-corrected chi connectivity index (χ2v) is 4.17. The number of carbonyl (C=O) groups is 1. The van der Waals surface area contributed by atoms with Crippen molar-refractivity contribution < 1.29 is 9.90 Å². The van der Waals surface area contributed by atoms with Gasteiger partial charge in [-0.2, -0.15) is 0 Å². The minimum Gasteiger partial charge on any atom is -0.480 e. The van der Waals surface area contributed by atoms with Crippen LogP contribution in [-0.2, 0) is 4.79 Å². The fourth-order valence-corrected chi connectivity index (χ4v) is 1.95. The number of aryl methyl sites for hydroxylation is 1. The molecule has 0 fully saturated rings. The smallest absolute Gasteiger partial charge is 0.326 e. The largest absolute Gasteiger partial charge is 0.480 e. The summed E-state index contributed by atoms with van der Waals surface area (Å²) in [5.74, 6) is -0.823. The van der Waals surface area contributed by atoms with Gasteiger partial charge in [0.05, 0.1) is 0 Å². The lowest BCUT2D eigenvalue weighted by Crippen LogP contribution is -2.39. The molecule has 0 radical (unpaired) electrons. The molecule has 0 aromatic heterocycles. The van der Waals surface area contributed by atoms with Gasteiger partial charge in [-0.3, -0.25) is 0 Å². The lowest BCUT2D eigenvalue weighted by Gasteiger charge is -2.28. The standard InChI is InChI=1S/C12H16ClNO2/c1-4-14(9(3)12(15)16)11-6-5-10(13)7-8(11)2/h5-7,9H,4H2,1-3H3,(H,15,16). The van der Waals surface area contributed by atoms with Crippen LogP contribution in [0.5, 0.6) is 0 Å². The van der Waals surface area contributed by atoms with Crippen molar-refractivity contribution in [1.82, 2.24) is 0 Å². The lowest BCUT2D eigenvalue weighted by molar-refractivity contribution is -0.138. The number of halogens is 1. The predicted octanol–water partition coefficient (Wildman–Crippen LogP) is 2.95. The van der Waals surface area contributed by atoms with E-state index in [1.165, 1.54) is 0 Å². The average molecular weight is 242 g/mol. The molecular weight excluding hydrogens is 226 g/mol. The molecule has 1 aromatic carbocycles. The van der Waals surface area contributed by atoms with E-state index in [0.29, 0.717) is 11.6 Å². The Morgan fingerprint density at radius 1 is 1.56 bits per heavy atom. The summed E-state index contributed by atoms with van der Waals surface area (Å²) in [7, 11) is 0. The van der Waals surface area contributed by atoms with E-state index in [4.69, 9.17) is 16.7 Å². The quantitative estimate of drug-likeness (QED) is 0.881. The second-order valence-electron chi connectivity index (χ2n) is 3.73. The molecule has 16 heavy (non-hydrogen) atoms. The van der Waals surface area contributed by atoms with Gasteiger partial charge >= 0.3 is 5.97 Å². The molecule has 1 rings (SSSR count). The molecule has 0 aliphatic heterocycles. The number of rotatable bonds is 4. The van der Waals surface area contributed by atoms with Crippen molar-refractivity contribution in [1.29, 1.82) is 0 Å². The van der Waals surface area contributed by atoms with Crippen molar-refractivity contribution >= 4 is 23.3 Å². The van der Waals surface area contributed by atoms with Crippen LogP contribution in [-0.4, -0.2) is 23.7 Å². The molecule has 3 nitrogen and oxygen atoms in total. The zero-order chi connectivity index (χ0) is 12.3. The molecule has 4 heteroatoms. The molecule has 0 amide bonds. The van der Waals surface area contributed by atoms with E-state index in [2.05, 4.69) is 0 Å². The highest BCUT2D eigenvalue weighted by Crippen LogP contribution is 2.25. The summed E-state index contributed by atoms with van der Waals surface area (Å²) in [5.41, 5.74) is 1.91. The monoisotopic (exact) mass is 241 g/mol. The van der Waals surface area contributed by atoms with E-state index < -0.39 is 12.0 Å². The normalized spacial score (nSPS) is 12.2. The minimum absolute atomic E-state index is 0.537. The van der Waals surface area contributed by atoms with Gasteiger partial charge in [0.25, 0.3) is 0 Å². The SMILES string of the molecule is CCN(c1ccc(Cl)cc1C)C(C)C(=O)O. The first-order valence-electron chi connectivity index (χ1n) is 5.23. The maximum absolute atomic E-state index is 11.0. The summed E-state index contributed by atoms with van der Waals surface area (Å²) in [6, 6.07) is 4.94. The van der Waals surface area contributed by atoms with Crippen molar-refractivity contribution in [2.24, 2.45) is 0 Å². The van der Waals surface area contributed by atoms with Crippen LogP contribution < -0.4 is 4.90 Å². The first-order valence-corrected chi connectivity index (χ1v) is 5.60. The molecule has 0 bridgehead atoms. The van der Waals surface area contributed by atoms with Gasteiger partial charge in [0.2, 0.25) is 0 Å². The zero-order valence-corrected chi connectivity index (χ0v) is 10.5. The molecular formula is C12H16ClNO2. The molecule has 1 atom stereocenters. The highest BCUT2D eigenvalue weighted by atomic mass is 35.5. The minimum atomic E-state index is -0.823. The van der Waals surface area contributed by atoms with Crippen molar-refractivity contribution in [3.05, 3.63) is 28.8 Å². The Kier molecular flexibility index (Phi) is 4.19. The second kappa shape index (κ2) is 5.21. The maximum Gasteiger partial charge on any atom is 0.326 e. The van der Waals surface area contributed by atoms with Gasteiger partial charge in [0.1, 0.15) is 6.04 Å². The van der Waals surface area contributed by atoms with Crippen LogP contribution in [0.3, 0.4) is 0 Å². The van der Waals surface area contributed by atoms with E-state index in [1.807, 2.05) is 30.9 Å². The molecule has 0 saturated heterocycles. The first-order chi connectivity index (χ1) is 7.47. The van der Waals surface area contributed by atoms with Crippen LogP contribution in [0.15, 0.2) is 18.2 Å². The van der Waals surface area contributed by atoms with Gasteiger partial charge in [0, 0.05) is 17.3 Å². The average Bonchev–Trinajstić information content (AvgIpc) is 2.21. The third-order valence-corrected chi connectivity index (χ3v) is 2.87. The molecule has 1 unspecified atom stereocenters. The summed E-state index contributed by atoms with van der Waals surface area (Å²) < 4.78 is 0. The first kappa shape index (κ1) is 12.8. The van der Waals surface area contributed by atoms with E-state index in [-0.39, 0.29) is 0 Å². The van der Waals surface area contributed by atoms with Gasteiger partial charge in [0.15, 0.2) is 0 Å². The van der Waals surface area contributed by atoms with E-state index >= 15 is 0 Å². The van der Waals surface area contributed by atoms with Crippen LogP contribution in [0.2, 0.25) is 5.02 Å². The van der Waals surface area contributed by atoms with Crippen LogP contribution in [0.25, 0.3) is 0 Å². The van der Waals surface area contributed by atoms with Gasteiger partial charge in [-0.15, -0.1) is 0 Å². The Morgan fingerprint density at radius 3 is 2.62 bits per heavy atom. The zero-order valence-electron chi connectivity index (χ0n) is 9.70. The fourth-order valence-electron chi connectivity index (χ4n) is 1.73. The Morgan fingerprint density at radius 2 is 2.19 bits per heavy atom. The molecule has 0 aliphatic carbocycles. The number of carboxylic acid groups (broad SMARTS) is 1. The van der Waals surface area contributed by atoms with E-state index in [0.717, 1.165) is 11.3 Å². The molecule has 0 aliphatic rings. The molecule has 1 aromatic rings. The van der Waals surface area contributed by atoms with E-state index in [1.54, 1.807) is 13.0 Å². The van der Waals surface area contributed by atoms with Crippen LogP contribution in [0, 0.1) is 6.92 Å². The number of benzene rings is 1. The number of carboxylic acids is 1. The third-order valence-electron chi connectivity index (χ3n) is 2.63. The van der Waals surface area contributed by atoms with Crippen molar-refractivity contribution in [3.8, 4) is 0 Å². The molecule has 0 spiro atoms. The Hall–Kier alpha value is -1.22. The van der Waals surface area contributed by atoms with Crippen molar-refractivity contribution in [3.63, 3.8) is 0 Å². The number of hydrogen-bond acceptors (Lipinski definition) is 2. The predicted molar refractivity (Wildman–Crippen MR) is 66.3 cm³/mol. The summed E-state index contributed by atoms with van der Waals surface area (Å²) in [4.78, 5) is 12.8. The van der Waals surface area contributed by atoms with Crippen LogP contribution in [0.4, 0.5) is 5.69 Å². The van der Waals surface area contributed by atoms with Gasteiger partial charge in [-0.05, 0) is 44.5 Å². The van der Waals surface area contributed by atoms with Crippen LogP contribution in [0.1, 0.15) is 19.4 Å². The summed E-state index contributed by atoms with van der Waals surface area (Å²) in [6.45, 7) is 6.20. The summed E-state index contributed by atoms with van der Waals surface area (Å²) in [5, 5.41) is 9.69. The van der Waals surface area contributed by atoms with Crippen LogP contribution >= 0.6 is 11.6 Å². The summed E-state index contributed by atoms with van der Waals surface area (Å²) in [6.07, 6.45) is 0. The highest BCUT2D eigenvalue weighted by molar-refractivity contribution is 6.30.